The monoisotopic (exact) mass is 195 g/mol. The Morgan fingerprint density at radius 3 is 2.50 bits per heavy atom. The average molecular weight is 195 g/mol. The van der Waals surface area contributed by atoms with Crippen LogP contribution in [0.15, 0.2) is 23.2 Å². The van der Waals surface area contributed by atoms with Crippen molar-refractivity contribution >= 4 is 17.6 Å². The molecule has 0 fully saturated rings. The normalized spacial score (nSPS) is 9.43. The molecule has 1 rings (SSSR count). The van der Waals surface area contributed by atoms with E-state index in [9.17, 15) is 9.90 Å². The number of guanidine groups is 1. The summed E-state index contributed by atoms with van der Waals surface area (Å²) in [6, 6.07) is 3.64. The van der Waals surface area contributed by atoms with Crippen molar-refractivity contribution in [3.63, 3.8) is 0 Å². The minimum Gasteiger partial charge on any atom is -0.506 e. The van der Waals surface area contributed by atoms with Crippen LogP contribution in [-0.4, -0.2) is 22.1 Å². The van der Waals surface area contributed by atoms with Crippen molar-refractivity contribution in [3.05, 3.63) is 23.8 Å². The molecule has 0 spiro atoms. The molecule has 1 aromatic rings. The first-order valence-electron chi connectivity index (χ1n) is 3.66. The highest BCUT2D eigenvalue weighted by molar-refractivity contribution is 5.90. The number of carboxylic acids is 1. The number of phenolic OH excluding ortho intramolecular Hbond substituents is 1. The van der Waals surface area contributed by atoms with Gasteiger partial charge in [-0.3, -0.25) is 0 Å². The Kier molecular flexibility index (Phi) is 2.57. The molecule has 1 aromatic carbocycles. The number of carboxylic acid groups (broad SMARTS) is 1. The number of carbonyl (C=O) groups is 1. The summed E-state index contributed by atoms with van der Waals surface area (Å²) < 4.78 is 0. The van der Waals surface area contributed by atoms with Gasteiger partial charge in [0.15, 0.2) is 5.96 Å². The fraction of sp³-hybridized carbons (Fsp3) is 0. The van der Waals surface area contributed by atoms with Crippen LogP contribution in [-0.2, 0) is 0 Å². The number of aromatic carboxylic acids is 1. The van der Waals surface area contributed by atoms with Crippen LogP contribution in [0.4, 0.5) is 5.69 Å². The van der Waals surface area contributed by atoms with E-state index in [0.717, 1.165) is 0 Å². The van der Waals surface area contributed by atoms with Gasteiger partial charge in [0.05, 0.1) is 5.56 Å². The molecule has 6 N–H and O–H groups in total. The van der Waals surface area contributed by atoms with Crippen LogP contribution in [0.2, 0.25) is 0 Å². The second kappa shape index (κ2) is 3.65. The third-order valence-electron chi connectivity index (χ3n) is 1.47. The number of aliphatic imine (C=N–C) groups is 1. The molecule has 0 aliphatic heterocycles. The van der Waals surface area contributed by atoms with Gasteiger partial charge in [0.1, 0.15) is 11.4 Å². The molecule has 0 saturated carbocycles. The van der Waals surface area contributed by atoms with Gasteiger partial charge >= 0.3 is 5.97 Å². The maximum absolute atomic E-state index is 10.6. The van der Waals surface area contributed by atoms with Crippen LogP contribution in [0, 0.1) is 0 Å². The molecule has 0 saturated heterocycles. The number of rotatable bonds is 2. The van der Waals surface area contributed by atoms with E-state index in [1.165, 1.54) is 18.2 Å². The largest absolute Gasteiger partial charge is 0.506 e. The summed E-state index contributed by atoms with van der Waals surface area (Å²) in [7, 11) is 0. The van der Waals surface area contributed by atoms with Gasteiger partial charge in [-0.25, -0.2) is 9.79 Å². The van der Waals surface area contributed by atoms with Gasteiger partial charge in [0.2, 0.25) is 0 Å². The van der Waals surface area contributed by atoms with Crippen LogP contribution in [0.5, 0.6) is 5.75 Å². The quantitative estimate of drug-likeness (QED) is 0.390. The minimum atomic E-state index is -1.11. The molecular weight excluding hydrogens is 186 g/mol. The van der Waals surface area contributed by atoms with Gasteiger partial charge in [0, 0.05) is 0 Å². The zero-order valence-electron chi connectivity index (χ0n) is 7.14. The summed E-state index contributed by atoms with van der Waals surface area (Å²) in [6.07, 6.45) is 0. The Labute approximate surface area is 79.5 Å². The molecule has 0 bridgehead atoms. The van der Waals surface area contributed by atoms with Crippen LogP contribution >= 0.6 is 0 Å². The fourth-order valence-electron chi connectivity index (χ4n) is 0.885. The van der Waals surface area contributed by atoms with E-state index in [2.05, 4.69) is 4.99 Å². The number of hydrogen-bond acceptors (Lipinski definition) is 3. The molecule has 0 aliphatic carbocycles. The van der Waals surface area contributed by atoms with Crippen LogP contribution in [0.3, 0.4) is 0 Å². The molecule has 74 valence electrons. The first-order chi connectivity index (χ1) is 6.50. The number of hydrogen-bond donors (Lipinski definition) is 4. The number of nitrogens with zero attached hydrogens (tertiary/aromatic N) is 1. The molecule has 0 amide bonds. The summed E-state index contributed by atoms with van der Waals surface area (Å²) in [6.45, 7) is 0. The zero-order valence-corrected chi connectivity index (χ0v) is 7.14. The summed E-state index contributed by atoms with van der Waals surface area (Å²) in [5, 5.41) is 17.9. The number of benzene rings is 1. The standard InChI is InChI=1S/C8H9N3O3/c9-8(10)11-5-3-4(7(13)14)1-2-6(5)12/h1-3,12H,(H,13,14)(H4,9,10,11). The van der Waals surface area contributed by atoms with Crippen LogP contribution in [0.1, 0.15) is 10.4 Å². The third-order valence-corrected chi connectivity index (χ3v) is 1.47. The van der Waals surface area contributed by atoms with Crippen molar-refractivity contribution in [2.75, 3.05) is 0 Å². The number of nitrogens with two attached hydrogens (primary N) is 2. The molecule has 0 unspecified atom stereocenters. The molecule has 0 atom stereocenters. The molecule has 0 aliphatic rings. The van der Waals surface area contributed by atoms with Crippen molar-refractivity contribution in [1.29, 1.82) is 0 Å². The Morgan fingerprint density at radius 2 is 2.00 bits per heavy atom. The van der Waals surface area contributed by atoms with Crippen molar-refractivity contribution in [1.82, 2.24) is 0 Å². The zero-order chi connectivity index (χ0) is 10.7. The summed E-state index contributed by atoms with van der Waals surface area (Å²) in [5.74, 6) is -1.54. The van der Waals surface area contributed by atoms with Gasteiger partial charge < -0.3 is 21.7 Å². The first kappa shape index (κ1) is 9.85. The smallest absolute Gasteiger partial charge is 0.335 e. The second-order valence-electron chi connectivity index (χ2n) is 2.55. The van der Waals surface area contributed by atoms with E-state index in [4.69, 9.17) is 16.6 Å². The first-order valence-corrected chi connectivity index (χ1v) is 3.66. The van der Waals surface area contributed by atoms with Gasteiger partial charge in [-0.1, -0.05) is 0 Å². The van der Waals surface area contributed by atoms with E-state index in [-0.39, 0.29) is 23.0 Å². The lowest BCUT2D eigenvalue weighted by atomic mass is 10.2. The molecule has 6 heteroatoms. The predicted molar refractivity (Wildman–Crippen MR) is 50.5 cm³/mol. The molecule has 14 heavy (non-hydrogen) atoms. The molecular formula is C8H9N3O3. The highest BCUT2D eigenvalue weighted by Gasteiger charge is 2.06. The number of phenols is 1. The lowest BCUT2D eigenvalue weighted by Gasteiger charge is -2.00. The van der Waals surface area contributed by atoms with Crippen molar-refractivity contribution in [3.8, 4) is 5.75 Å². The Bertz CT molecular complexity index is 397. The SMILES string of the molecule is NC(N)=Nc1cc(C(=O)O)ccc1O. The topological polar surface area (TPSA) is 122 Å². The average Bonchev–Trinajstić information content (AvgIpc) is 2.07. The molecule has 6 nitrogen and oxygen atoms in total. The van der Waals surface area contributed by atoms with Crippen molar-refractivity contribution in [2.45, 2.75) is 0 Å². The van der Waals surface area contributed by atoms with Crippen molar-refractivity contribution < 1.29 is 15.0 Å². The Balaban J connectivity index is 3.22. The van der Waals surface area contributed by atoms with E-state index in [1.54, 1.807) is 0 Å². The second-order valence-corrected chi connectivity index (χ2v) is 2.55. The highest BCUT2D eigenvalue weighted by Crippen LogP contribution is 2.26. The van der Waals surface area contributed by atoms with E-state index < -0.39 is 5.97 Å². The Hall–Kier alpha value is -2.24. The Morgan fingerprint density at radius 1 is 1.36 bits per heavy atom. The van der Waals surface area contributed by atoms with E-state index >= 15 is 0 Å². The summed E-state index contributed by atoms with van der Waals surface area (Å²) in [5.41, 5.74) is 10.2. The summed E-state index contributed by atoms with van der Waals surface area (Å²) in [4.78, 5) is 14.1. The predicted octanol–water partition coefficient (Wildman–Crippen LogP) is -0.00470. The summed E-state index contributed by atoms with van der Waals surface area (Å²) >= 11 is 0. The molecule has 0 heterocycles. The fourth-order valence-corrected chi connectivity index (χ4v) is 0.885. The molecule has 0 aromatic heterocycles. The lowest BCUT2D eigenvalue weighted by molar-refractivity contribution is 0.0697. The van der Waals surface area contributed by atoms with Crippen LogP contribution in [0.25, 0.3) is 0 Å². The van der Waals surface area contributed by atoms with Gasteiger partial charge in [0.25, 0.3) is 0 Å². The maximum Gasteiger partial charge on any atom is 0.335 e. The minimum absolute atomic E-state index is 0.00259. The number of aromatic hydroxyl groups is 1. The molecule has 0 radical (unpaired) electrons. The van der Waals surface area contributed by atoms with Gasteiger partial charge in [-0.15, -0.1) is 0 Å². The van der Waals surface area contributed by atoms with Gasteiger partial charge in [-0.2, -0.15) is 0 Å². The lowest BCUT2D eigenvalue weighted by Crippen LogP contribution is -2.21. The van der Waals surface area contributed by atoms with E-state index in [0.29, 0.717) is 0 Å². The maximum atomic E-state index is 10.6. The third kappa shape index (κ3) is 2.13. The van der Waals surface area contributed by atoms with Gasteiger partial charge in [-0.05, 0) is 18.2 Å². The van der Waals surface area contributed by atoms with Crippen LogP contribution < -0.4 is 11.5 Å². The van der Waals surface area contributed by atoms with Crippen molar-refractivity contribution in [2.24, 2.45) is 16.5 Å². The van der Waals surface area contributed by atoms with E-state index in [1.807, 2.05) is 0 Å². The highest BCUT2D eigenvalue weighted by atomic mass is 16.4.